The SMILES string of the molecule is COCCc1nsc(NC(C)c2ccc(F)cc2F)n1. The number of hydrogen-bond donors (Lipinski definition) is 1. The highest BCUT2D eigenvalue weighted by molar-refractivity contribution is 7.09. The van der Waals surface area contributed by atoms with Gasteiger partial charge in [0.2, 0.25) is 5.13 Å². The fourth-order valence-corrected chi connectivity index (χ4v) is 2.42. The standard InChI is InChI=1S/C13H15F2N3OS/c1-8(10-4-3-9(14)7-11(10)15)16-13-17-12(18-20-13)5-6-19-2/h3-4,7-8H,5-6H2,1-2H3,(H,16,17,18). The Labute approximate surface area is 120 Å². The van der Waals surface area contributed by atoms with Crippen LogP contribution in [0.5, 0.6) is 0 Å². The predicted octanol–water partition coefficient (Wildman–Crippen LogP) is 3.18. The Hall–Kier alpha value is -1.60. The van der Waals surface area contributed by atoms with Gasteiger partial charge in [-0.3, -0.25) is 0 Å². The van der Waals surface area contributed by atoms with Crippen LogP contribution in [0.3, 0.4) is 0 Å². The summed E-state index contributed by atoms with van der Waals surface area (Å²) in [6.45, 7) is 2.34. The lowest BCUT2D eigenvalue weighted by Crippen LogP contribution is -2.09. The first-order chi connectivity index (χ1) is 9.60. The second-order valence-electron chi connectivity index (χ2n) is 4.29. The molecule has 2 rings (SSSR count). The van der Waals surface area contributed by atoms with E-state index >= 15 is 0 Å². The first-order valence-electron chi connectivity index (χ1n) is 6.13. The number of nitrogens with zero attached hydrogens (tertiary/aromatic N) is 2. The Morgan fingerprint density at radius 1 is 1.40 bits per heavy atom. The van der Waals surface area contributed by atoms with Crippen molar-refractivity contribution in [2.45, 2.75) is 19.4 Å². The van der Waals surface area contributed by atoms with E-state index in [0.29, 0.717) is 29.5 Å². The average Bonchev–Trinajstić information content (AvgIpc) is 2.83. The summed E-state index contributed by atoms with van der Waals surface area (Å²) >= 11 is 1.21. The summed E-state index contributed by atoms with van der Waals surface area (Å²) in [6, 6.07) is 3.21. The van der Waals surface area contributed by atoms with E-state index in [4.69, 9.17) is 4.74 Å². The zero-order valence-corrected chi connectivity index (χ0v) is 12.0. The van der Waals surface area contributed by atoms with Crippen LogP contribution in [0.2, 0.25) is 0 Å². The van der Waals surface area contributed by atoms with Crippen molar-refractivity contribution >= 4 is 16.7 Å². The molecule has 0 aliphatic heterocycles. The van der Waals surface area contributed by atoms with E-state index in [0.717, 1.165) is 6.07 Å². The van der Waals surface area contributed by atoms with Crippen LogP contribution in [0.15, 0.2) is 18.2 Å². The molecule has 1 heterocycles. The van der Waals surface area contributed by atoms with Crippen LogP contribution in [0, 0.1) is 11.6 Å². The molecule has 0 bridgehead atoms. The fourth-order valence-electron chi connectivity index (χ4n) is 1.72. The van der Waals surface area contributed by atoms with Crippen LogP contribution in [-0.4, -0.2) is 23.1 Å². The van der Waals surface area contributed by atoms with E-state index in [2.05, 4.69) is 14.7 Å². The Bertz CT molecular complexity index is 576. The van der Waals surface area contributed by atoms with E-state index in [9.17, 15) is 8.78 Å². The van der Waals surface area contributed by atoms with Crippen molar-refractivity contribution in [3.05, 3.63) is 41.2 Å². The number of anilines is 1. The van der Waals surface area contributed by atoms with E-state index in [1.54, 1.807) is 14.0 Å². The number of ether oxygens (including phenoxy) is 1. The fraction of sp³-hybridized carbons (Fsp3) is 0.385. The first kappa shape index (κ1) is 14.8. The zero-order chi connectivity index (χ0) is 14.5. The number of methoxy groups -OCH3 is 1. The normalized spacial score (nSPS) is 12.4. The second-order valence-corrected chi connectivity index (χ2v) is 5.04. The lowest BCUT2D eigenvalue weighted by Gasteiger charge is -2.13. The summed E-state index contributed by atoms with van der Waals surface area (Å²) in [7, 11) is 1.62. The Morgan fingerprint density at radius 2 is 2.20 bits per heavy atom. The molecule has 0 fully saturated rings. The van der Waals surface area contributed by atoms with Gasteiger partial charge >= 0.3 is 0 Å². The van der Waals surface area contributed by atoms with Crippen LogP contribution in [0.4, 0.5) is 13.9 Å². The van der Waals surface area contributed by atoms with Gasteiger partial charge in [-0.1, -0.05) is 6.07 Å². The van der Waals surface area contributed by atoms with Crippen LogP contribution in [0.1, 0.15) is 24.4 Å². The summed E-state index contributed by atoms with van der Waals surface area (Å²) in [6.07, 6.45) is 0.633. The predicted molar refractivity (Wildman–Crippen MR) is 73.9 cm³/mol. The Kier molecular flexibility index (Phi) is 4.97. The molecule has 1 atom stereocenters. The maximum Gasteiger partial charge on any atom is 0.203 e. The van der Waals surface area contributed by atoms with Gasteiger partial charge in [0.15, 0.2) is 0 Å². The third-order valence-electron chi connectivity index (χ3n) is 2.77. The number of halogens is 2. The van der Waals surface area contributed by atoms with Crippen LogP contribution in [-0.2, 0) is 11.2 Å². The molecule has 0 aliphatic rings. The smallest absolute Gasteiger partial charge is 0.203 e. The molecule has 0 spiro atoms. The molecule has 0 amide bonds. The highest BCUT2D eigenvalue weighted by Gasteiger charge is 2.13. The molecule has 0 saturated carbocycles. The number of benzene rings is 1. The van der Waals surface area contributed by atoms with Crippen molar-refractivity contribution in [2.75, 3.05) is 19.0 Å². The number of hydrogen-bond acceptors (Lipinski definition) is 5. The van der Waals surface area contributed by atoms with Crippen molar-refractivity contribution in [3.63, 3.8) is 0 Å². The van der Waals surface area contributed by atoms with Gasteiger partial charge in [0, 0.05) is 36.7 Å². The summed E-state index contributed by atoms with van der Waals surface area (Å²) in [5, 5.41) is 3.66. The summed E-state index contributed by atoms with van der Waals surface area (Å²) in [5.41, 5.74) is 0.389. The molecule has 4 nitrogen and oxygen atoms in total. The average molecular weight is 299 g/mol. The molecule has 1 N–H and O–H groups in total. The zero-order valence-electron chi connectivity index (χ0n) is 11.2. The Morgan fingerprint density at radius 3 is 2.90 bits per heavy atom. The second kappa shape index (κ2) is 6.71. The third-order valence-corrected chi connectivity index (χ3v) is 3.45. The summed E-state index contributed by atoms with van der Waals surface area (Å²) in [5.74, 6) is -0.475. The number of nitrogens with one attached hydrogen (secondary N) is 1. The van der Waals surface area contributed by atoms with Gasteiger partial charge in [0.1, 0.15) is 17.5 Å². The molecule has 0 saturated heterocycles. The van der Waals surface area contributed by atoms with Gasteiger partial charge in [-0.2, -0.15) is 4.37 Å². The van der Waals surface area contributed by atoms with Crippen LogP contribution < -0.4 is 5.32 Å². The maximum absolute atomic E-state index is 13.6. The molecule has 1 unspecified atom stereocenters. The van der Waals surface area contributed by atoms with Crippen molar-refractivity contribution in [3.8, 4) is 0 Å². The van der Waals surface area contributed by atoms with E-state index in [-0.39, 0.29) is 6.04 Å². The molecule has 0 radical (unpaired) electrons. The minimum atomic E-state index is -0.587. The topological polar surface area (TPSA) is 47.0 Å². The van der Waals surface area contributed by atoms with Gasteiger partial charge < -0.3 is 10.1 Å². The Balaban J connectivity index is 2.03. The van der Waals surface area contributed by atoms with Crippen LogP contribution in [0.25, 0.3) is 0 Å². The van der Waals surface area contributed by atoms with Crippen molar-refractivity contribution in [1.29, 1.82) is 0 Å². The minimum Gasteiger partial charge on any atom is -0.384 e. The highest BCUT2D eigenvalue weighted by Crippen LogP contribution is 2.23. The highest BCUT2D eigenvalue weighted by atomic mass is 32.1. The lowest BCUT2D eigenvalue weighted by molar-refractivity contribution is 0.201. The minimum absolute atomic E-state index is 0.321. The molecule has 20 heavy (non-hydrogen) atoms. The van der Waals surface area contributed by atoms with Gasteiger partial charge in [-0.25, -0.2) is 13.8 Å². The summed E-state index contributed by atoms with van der Waals surface area (Å²) in [4.78, 5) is 4.28. The van der Waals surface area contributed by atoms with Crippen molar-refractivity contribution in [1.82, 2.24) is 9.36 Å². The molecule has 2 aromatic rings. The van der Waals surface area contributed by atoms with E-state index in [1.807, 2.05) is 0 Å². The maximum atomic E-state index is 13.6. The molecular formula is C13H15F2N3OS. The van der Waals surface area contributed by atoms with Gasteiger partial charge in [-0.05, 0) is 13.0 Å². The van der Waals surface area contributed by atoms with Crippen molar-refractivity contribution < 1.29 is 13.5 Å². The quantitative estimate of drug-likeness (QED) is 0.890. The molecule has 1 aromatic heterocycles. The lowest BCUT2D eigenvalue weighted by atomic mass is 10.1. The molecular weight excluding hydrogens is 284 g/mol. The largest absolute Gasteiger partial charge is 0.384 e. The first-order valence-corrected chi connectivity index (χ1v) is 6.90. The number of aromatic nitrogens is 2. The van der Waals surface area contributed by atoms with Gasteiger partial charge in [0.05, 0.1) is 12.6 Å². The van der Waals surface area contributed by atoms with Gasteiger partial charge in [0.25, 0.3) is 0 Å². The summed E-state index contributed by atoms with van der Waals surface area (Å²) < 4.78 is 35.6. The number of rotatable bonds is 6. The monoisotopic (exact) mass is 299 g/mol. The van der Waals surface area contributed by atoms with E-state index < -0.39 is 11.6 Å². The third kappa shape index (κ3) is 3.71. The van der Waals surface area contributed by atoms with Crippen molar-refractivity contribution in [2.24, 2.45) is 0 Å². The van der Waals surface area contributed by atoms with E-state index in [1.165, 1.54) is 23.7 Å². The molecule has 7 heteroatoms. The molecule has 1 aromatic carbocycles. The molecule has 108 valence electrons. The molecule has 0 aliphatic carbocycles. The van der Waals surface area contributed by atoms with Gasteiger partial charge in [-0.15, -0.1) is 0 Å². The van der Waals surface area contributed by atoms with Crippen LogP contribution >= 0.6 is 11.5 Å².